The first-order valence-electron chi connectivity index (χ1n) is 5.54. The third kappa shape index (κ3) is 3.38. The quantitative estimate of drug-likeness (QED) is 0.827. The number of benzene rings is 1. The minimum absolute atomic E-state index is 0.0722. The standard InChI is InChI=1S/C14H11ClN2O2/c15-13-12(7-9-19-13)14(18)17-11-5-3-10(4-6-11)2-1-8-16/h3-7,9H,8,16H2,(H,17,18). The number of nitrogens with two attached hydrogens (primary N) is 1. The predicted octanol–water partition coefficient (Wildman–Crippen LogP) is 2.50. The topological polar surface area (TPSA) is 68.3 Å². The molecule has 96 valence electrons. The average molecular weight is 275 g/mol. The number of carbonyl (C=O) groups is 1. The van der Waals surface area contributed by atoms with Crippen LogP contribution in [0.3, 0.4) is 0 Å². The van der Waals surface area contributed by atoms with E-state index in [4.69, 9.17) is 21.8 Å². The van der Waals surface area contributed by atoms with E-state index in [1.165, 1.54) is 12.3 Å². The van der Waals surface area contributed by atoms with E-state index in [0.29, 0.717) is 17.8 Å². The molecule has 1 aromatic carbocycles. The molecule has 2 rings (SSSR count). The number of furan rings is 1. The Bertz CT molecular complexity index is 635. The molecule has 1 heterocycles. The lowest BCUT2D eigenvalue weighted by atomic mass is 10.2. The lowest BCUT2D eigenvalue weighted by Gasteiger charge is -2.03. The molecule has 1 aromatic heterocycles. The molecular formula is C14H11ClN2O2. The average Bonchev–Trinajstić information content (AvgIpc) is 2.84. The molecule has 1 amide bonds. The van der Waals surface area contributed by atoms with Crippen LogP contribution in [0.2, 0.25) is 5.22 Å². The van der Waals surface area contributed by atoms with Gasteiger partial charge in [-0.15, -0.1) is 0 Å². The summed E-state index contributed by atoms with van der Waals surface area (Å²) in [5, 5.41) is 2.78. The SMILES string of the molecule is NCC#Cc1ccc(NC(=O)c2ccoc2Cl)cc1. The Kier molecular flexibility index (Phi) is 4.24. The molecule has 0 aliphatic heterocycles. The maximum atomic E-state index is 11.9. The van der Waals surface area contributed by atoms with Gasteiger partial charge in [0.2, 0.25) is 5.22 Å². The molecular weight excluding hydrogens is 264 g/mol. The van der Waals surface area contributed by atoms with Gasteiger partial charge in [-0.2, -0.15) is 0 Å². The van der Waals surface area contributed by atoms with Crippen LogP contribution in [0.25, 0.3) is 0 Å². The number of halogens is 1. The Morgan fingerprint density at radius 1 is 1.32 bits per heavy atom. The minimum Gasteiger partial charge on any atom is -0.452 e. The number of rotatable bonds is 2. The Hall–Kier alpha value is -2.22. The third-order valence-corrected chi connectivity index (χ3v) is 2.63. The maximum Gasteiger partial charge on any atom is 0.260 e. The molecule has 0 unspecified atom stereocenters. The molecule has 0 spiro atoms. The van der Waals surface area contributed by atoms with Crippen molar-refractivity contribution >= 4 is 23.2 Å². The van der Waals surface area contributed by atoms with E-state index in [-0.39, 0.29) is 11.1 Å². The van der Waals surface area contributed by atoms with Crippen molar-refractivity contribution in [3.63, 3.8) is 0 Å². The van der Waals surface area contributed by atoms with Gasteiger partial charge in [0.1, 0.15) is 0 Å². The van der Waals surface area contributed by atoms with Crippen LogP contribution in [0.4, 0.5) is 5.69 Å². The summed E-state index contributed by atoms with van der Waals surface area (Å²) in [5.74, 6) is 5.33. The molecule has 4 nitrogen and oxygen atoms in total. The summed E-state index contributed by atoms with van der Waals surface area (Å²) in [4.78, 5) is 11.9. The fraction of sp³-hybridized carbons (Fsp3) is 0.0714. The number of hydrogen-bond acceptors (Lipinski definition) is 3. The molecule has 0 atom stereocenters. The van der Waals surface area contributed by atoms with Crippen molar-refractivity contribution < 1.29 is 9.21 Å². The van der Waals surface area contributed by atoms with E-state index >= 15 is 0 Å². The summed E-state index contributed by atoms with van der Waals surface area (Å²) in [6.45, 7) is 0.317. The normalized spacial score (nSPS) is 9.58. The van der Waals surface area contributed by atoms with E-state index < -0.39 is 0 Å². The first-order valence-corrected chi connectivity index (χ1v) is 5.92. The van der Waals surface area contributed by atoms with E-state index in [0.717, 1.165) is 5.56 Å². The highest BCUT2D eigenvalue weighted by atomic mass is 35.5. The summed E-state index contributed by atoms with van der Waals surface area (Å²) >= 11 is 5.73. The van der Waals surface area contributed by atoms with Crippen molar-refractivity contribution in [2.24, 2.45) is 5.73 Å². The van der Waals surface area contributed by atoms with Gasteiger partial charge in [-0.1, -0.05) is 11.8 Å². The van der Waals surface area contributed by atoms with Crippen molar-refractivity contribution in [2.75, 3.05) is 11.9 Å². The number of carbonyl (C=O) groups excluding carboxylic acids is 1. The second-order valence-electron chi connectivity index (χ2n) is 3.65. The van der Waals surface area contributed by atoms with Crippen molar-refractivity contribution in [3.8, 4) is 11.8 Å². The second kappa shape index (κ2) is 6.10. The summed E-state index contributed by atoms with van der Waals surface area (Å²) in [5.41, 5.74) is 7.08. The molecule has 3 N–H and O–H groups in total. The Morgan fingerprint density at radius 3 is 2.63 bits per heavy atom. The molecule has 0 bridgehead atoms. The molecule has 0 aliphatic carbocycles. The van der Waals surface area contributed by atoms with Gasteiger partial charge in [-0.05, 0) is 41.9 Å². The van der Waals surface area contributed by atoms with E-state index in [1.807, 2.05) is 0 Å². The smallest absolute Gasteiger partial charge is 0.260 e. The lowest BCUT2D eigenvalue weighted by Crippen LogP contribution is -2.11. The predicted molar refractivity (Wildman–Crippen MR) is 74.0 cm³/mol. The van der Waals surface area contributed by atoms with Crippen LogP contribution in [-0.4, -0.2) is 12.5 Å². The van der Waals surface area contributed by atoms with Crippen LogP contribution in [-0.2, 0) is 0 Å². The van der Waals surface area contributed by atoms with Gasteiger partial charge in [0.15, 0.2) is 0 Å². The number of hydrogen-bond donors (Lipinski definition) is 2. The lowest BCUT2D eigenvalue weighted by molar-refractivity contribution is 0.102. The Morgan fingerprint density at radius 2 is 2.05 bits per heavy atom. The minimum atomic E-state index is -0.320. The molecule has 19 heavy (non-hydrogen) atoms. The largest absolute Gasteiger partial charge is 0.452 e. The molecule has 0 saturated heterocycles. The maximum absolute atomic E-state index is 11.9. The molecule has 0 aliphatic rings. The van der Waals surface area contributed by atoms with E-state index in [2.05, 4.69) is 17.2 Å². The zero-order chi connectivity index (χ0) is 13.7. The fourth-order valence-electron chi connectivity index (χ4n) is 1.44. The first-order chi connectivity index (χ1) is 9.20. The zero-order valence-corrected chi connectivity index (χ0v) is 10.7. The van der Waals surface area contributed by atoms with Gasteiger partial charge in [0, 0.05) is 11.3 Å². The highest BCUT2D eigenvalue weighted by Crippen LogP contribution is 2.18. The van der Waals surface area contributed by atoms with E-state index in [1.54, 1.807) is 24.3 Å². The van der Waals surface area contributed by atoms with Crippen LogP contribution >= 0.6 is 11.6 Å². The van der Waals surface area contributed by atoms with Crippen LogP contribution in [0, 0.1) is 11.8 Å². The highest BCUT2D eigenvalue weighted by Gasteiger charge is 2.12. The summed E-state index contributed by atoms with van der Waals surface area (Å²) in [6.07, 6.45) is 1.36. The molecule has 2 aromatic rings. The van der Waals surface area contributed by atoms with Gasteiger partial charge >= 0.3 is 0 Å². The van der Waals surface area contributed by atoms with Crippen molar-refractivity contribution in [3.05, 3.63) is 52.9 Å². The van der Waals surface area contributed by atoms with Gasteiger partial charge < -0.3 is 15.5 Å². The fourth-order valence-corrected chi connectivity index (χ4v) is 1.64. The van der Waals surface area contributed by atoms with Crippen LogP contribution in [0.5, 0.6) is 0 Å². The van der Waals surface area contributed by atoms with E-state index in [9.17, 15) is 4.79 Å². The number of amides is 1. The number of anilines is 1. The first kappa shape index (κ1) is 13.2. The molecule has 0 saturated carbocycles. The van der Waals surface area contributed by atoms with Crippen molar-refractivity contribution in [2.45, 2.75) is 0 Å². The van der Waals surface area contributed by atoms with Gasteiger partial charge in [0.05, 0.1) is 18.4 Å². The van der Waals surface area contributed by atoms with Gasteiger partial charge in [-0.25, -0.2) is 0 Å². The van der Waals surface area contributed by atoms with Gasteiger partial charge in [-0.3, -0.25) is 4.79 Å². The molecule has 5 heteroatoms. The summed E-state index contributed by atoms with van der Waals surface area (Å²) in [6, 6.07) is 8.63. The van der Waals surface area contributed by atoms with Gasteiger partial charge in [0.25, 0.3) is 5.91 Å². The summed E-state index contributed by atoms with van der Waals surface area (Å²) in [7, 11) is 0. The molecule has 0 radical (unpaired) electrons. The Balaban J connectivity index is 2.08. The number of nitrogens with one attached hydrogen (secondary N) is 1. The van der Waals surface area contributed by atoms with Crippen molar-refractivity contribution in [1.29, 1.82) is 0 Å². The Labute approximate surface area is 115 Å². The second-order valence-corrected chi connectivity index (χ2v) is 3.99. The van der Waals surface area contributed by atoms with Crippen molar-refractivity contribution in [1.82, 2.24) is 0 Å². The highest BCUT2D eigenvalue weighted by molar-refractivity contribution is 6.32. The summed E-state index contributed by atoms with van der Waals surface area (Å²) < 4.78 is 4.86. The van der Waals surface area contributed by atoms with Crippen LogP contribution < -0.4 is 11.1 Å². The zero-order valence-electron chi connectivity index (χ0n) is 9.94. The van der Waals surface area contributed by atoms with Crippen LogP contribution in [0.1, 0.15) is 15.9 Å². The third-order valence-electron chi connectivity index (χ3n) is 2.34. The monoisotopic (exact) mass is 274 g/mol. The molecule has 0 fully saturated rings. The van der Waals surface area contributed by atoms with Crippen LogP contribution in [0.15, 0.2) is 41.0 Å².